The van der Waals surface area contributed by atoms with E-state index in [-0.39, 0.29) is 0 Å². The van der Waals surface area contributed by atoms with E-state index in [1.165, 1.54) is 13.0 Å². The lowest BCUT2D eigenvalue weighted by atomic mass is 10.3. The van der Waals surface area contributed by atoms with Crippen LogP contribution < -0.4 is 5.32 Å². The minimum Gasteiger partial charge on any atom is -0.315 e. The number of nitrogens with zero attached hydrogens (tertiary/aromatic N) is 2. The molecule has 0 aromatic carbocycles. The monoisotopic (exact) mass is 200 g/mol. The molecule has 0 saturated carbocycles. The Labute approximate surface area is 88.8 Å². The highest BCUT2D eigenvalue weighted by atomic mass is 15.4. The fraction of sp³-hybridized carbons (Fsp3) is 0.909. The molecule has 0 amide bonds. The average molecular weight is 200 g/mol. The van der Waals surface area contributed by atoms with E-state index >= 15 is 0 Å². The molecule has 14 heavy (non-hydrogen) atoms. The van der Waals surface area contributed by atoms with Crippen LogP contribution in [-0.4, -0.2) is 50.6 Å². The molecule has 0 aliphatic heterocycles. The molecule has 0 fully saturated rings. The van der Waals surface area contributed by atoms with E-state index in [0.29, 0.717) is 6.17 Å². The van der Waals surface area contributed by atoms with Gasteiger partial charge in [-0.15, -0.1) is 0 Å². The van der Waals surface area contributed by atoms with Crippen LogP contribution in [0.3, 0.4) is 0 Å². The highest BCUT2D eigenvalue weighted by Gasteiger charge is 2.24. The summed E-state index contributed by atoms with van der Waals surface area (Å²) in [5.41, 5.74) is 0. The molecular weight excluding hydrogens is 174 g/mol. The fourth-order valence-corrected chi connectivity index (χ4v) is 1.58. The molecule has 0 aromatic rings. The molecule has 0 saturated heterocycles. The van der Waals surface area contributed by atoms with Crippen molar-refractivity contribution in [2.75, 3.05) is 33.7 Å². The lowest BCUT2D eigenvalue weighted by Crippen LogP contribution is -2.50. The van der Waals surface area contributed by atoms with E-state index < -0.39 is 0 Å². The Kier molecular flexibility index (Phi) is 6.75. The van der Waals surface area contributed by atoms with Gasteiger partial charge in [-0.3, -0.25) is 0 Å². The molecule has 0 heterocycles. The number of rotatable bonds is 7. The molecular formula is C11H26N3+. The van der Waals surface area contributed by atoms with Crippen molar-refractivity contribution < 1.29 is 4.48 Å². The molecule has 0 spiro atoms. The number of hydrogen-bond acceptors (Lipinski definition) is 2. The van der Waals surface area contributed by atoms with Crippen molar-refractivity contribution in [2.45, 2.75) is 33.4 Å². The number of hydrogen-bond donors (Lipinski definition) is 1. The zero-order chi connectivity index (χ0) is 11.0. The smallest absolute Gasteiger partial charge is 0.179 e. The van der Waals surface area contributed by atoms with Crippen molar-refractivity contribution in [1.82, 2.24) is 5.32 Å². The van der Waals surface area contributed by atoms with Crippen LogP contribution >= 0.6 is 0 Å². The molecule has 84 valence electrons. The maximum atomic E-state index is 4.56. The normalized spacial score (nSPS) is 18.4. The molecule has 3 nitrogen and oxygen atoms in total. The van der Waals surface area contributed by atoms with Crippen molar-refractivity contribution >= 4 is 6.21 Å². The largest absolute Gasteiger partial charge is 0.315 e. The third kappa shape index (κ3) is 4.20. The third-order valence-corrected chi connectivity index (χ3v) is 2.98. The Hall–Kier alpha value is -0.410. The summed E-state index contributed by atoms with van der Waals surface area (Å²) < 4.78 is 1.04. The lowest BCUT2D eigenvalue weighted by molar-refractivity contribution is -0.929. The van der Waals surface area contributed by atoms with Gasteiger partial charge in [0.05, 0.1) is 20.1 Å². The van der Waals surface area contributed by atoms with Gasteiger partial charge in [0.15, 0.2) is 6.17 Å². The van der Waals surface area contributed by atoms with Gasteiger partial charge in [0.25, 0.3) is 0 Å². The molecule has 0 radical (unpaired) electrons. The standard InChI is InChI=1S/C11H26N3/c1-6-10-14(5,7-2)11(3)13-9-8-12-4/h9,11-12H,6-8,10H2,1-5H3/q+1. The summed E-state index contributed by atoms with van der Waals surface area (Å²) in [6, 6.07) is 0. The minimum absolute atomic E-state index is 0.369. The van der Waals surface area contributed by atoms with E-state index in [1.54, 1.807) is 0 Å². The summed E-state index contributed by atoms with van der Waals surface area (Å²) in [6.45, 7) is 9.88. The second kappa shape index (κ2) is 6.96. The topological polar surface area (TPSA) is 24.4 Å². The summed E-state index contributed by atoms with van der Waals surface area (Å²) >= 11 is 0. The Balaban J connectivity index is 4.21. The number of quaternary nitrogens is 1. The Morgan fingerprint density at radius 3 is 2.50 bits per heavy atom. The first kappa shape index (κ1) is 13.6. The number of aliphatic imine (C=N–C) groups is 1. The van der Waals surface area contributed by atoms with Crippen molar-refractivity contribution in [3.63, 3.8) is 0 Å². The van der Waals surface area contributed by atoms with Crippen LogP contribution in [0.15, 0.2) is 4.99 Å². The van der Waals surface area contributed by atoms with E-state index in [1.807, 2.05) is 13.3 Å². The quantitative estimate of drug-likeness (QED) is 0.489. The van der Waals surface area contributed by atoms with E-state index in [0.717, 1.165) is 17.6 Å². The van der Waals surface area contributed by atoms with Crippen LogP contribution in [0.5, 0.6) is 0 Å². The Morgan fingerprint density at radius 2 is 2.07 bits per heavy atom. The molecule has 2 unspecified atom stereocenters. The van der Waals surface area contributed by atoms with Gasteiger partial charge in [0.1, 0.15) is 0 Å². The molecule has 0 bridgehead atoms. The SMILES string of the molecule is CCC[N+](C)(CC)C(C)N=CCNC. The predicted octanol–water partition coefficient (Wildman–Crippen LogP) is 1.50. The highest BCUT2D eigenvalue weighted by Crippen LogP contribution is 2.11. The molecule has 0 aromatic heterocycles. The predicted molar refractivity (Wildman–Crippen MR) is 63.8 cm³/mol. The fourth-order valence-electron chi connectivity index (χ4n) is 1.58. The summed E-state index contributed by atoms with van der Waals surface area (Å²) in [6.07, 6.45) is 3.57. The van der Waals surface area contributed by atoms with Crippen molar-refractivity contribution in [1.29, 1.82) is 0 Å². The van der Waals surface area contributed by atoms with E-state index in [4.69, 9.17) is 0 Å². The van der Waals surface area contributed by atoms with E-state index in [9.17, 15) is 0 Å². The van der Waals surface area contributed by atoms with Crippen LogP contribution in [0.2, 0.25) is 0 Å². The highest BCUT2D eigenvalue weighted by molar-refractivity contribution is 5.59. The van der Waals surface area contributed by atoms with Crippen LogP contribution in [0.25, 0.3) is 0 Å². The maximum Gasteiger partial charge on any atom is 0.179 e. The first-order valence-corrected chi connectivity index (χ1v) is 5.61. The second-order valence-electron chi connectivity index (χ2n) is 4.04. The van der Waals surface area contributed by atoms with Gasteiger partial charge in [-0.2, -0.15) is 0 Å². The Bertz CT molecular complexity index is 168. The molecule has 3 heteroatoms. The zero-order valence-electron chi connectivity index (χ0n) is 10.4. The molecule has 0 aliphatic carbocycles. The van der Waals surface area contributed by atoms with Crippen molar-refractivity contribution in [3.8, 4) is 0 Å². The Morgan fingerprint density at radius 1 is 1.43 bits per heavy atom. The van der Waals surface area contributed by atoms with Gasteiger partial charge in [-0.05, 0) is 20.4 Å². The van der Waals surface area contributed by atoms with Crippen LogP contribution in [-0.2, 0) is 0 Å². The lowest BCUT2D eigenvalue weighted by Gasteiger charge is -2.36. The molecule has 0 aliphatic rings. The third-order valence-electron chi connectivity index (χ3n) is 2.98. The van der Waals surface area contributed by atoms with Crippen LogP contribution in [0.4, 0.5) is 0 Å². The first-order chi connectivity index (χ1) is 6.60. The summed E-state index contributed by atoms with van der Waals surface area (Å²) in [7, 11) is 4.22. The van der Waals surface area contributed by atoms with E-state index in [2.05, 4.69) is 38.1 Å². The van der Waals surface area contributed by atoms with Gasteiger partial charge < -0.3 is 9.80 Å². The minimum atomic E-state index is 0.369. The van der Waals surface area contributed by atoms with Gasteiger partial charge in [-0.1, -0.05) is 6.92 Å². The van der Waals surface area contributed by atoms with Gasteiger partial charge in [0, 0.05) is 19.7 Å². The summed E-state index contributed by atoms with van der Waals surface area (Å²) in [4.78, 5) is 4.56. The second-order valence-corrected chi connectivity index (χ2v) is 4.04. The molecule has 2 atom stereocenters. The van der Waals surface area contributed by atoms with Gasteiger partial charge >= 0.3 is 0 Å². The first-order valence-electron chi connectivity index (χ1n) is 5.61. The number of nitrogens with one attached hydrogen (secondary N) is 1. The molecule has 1 N–H and O–H groups in total. The zero-order valence-corrected chi connectivity index (χ0v) is 10.4. The van der Waals surface area contributed by atoms with Crippen LogP contribution in [0, 0.1) is 0 Å². The van der Waals surface area contributed by atoms with Crippen molar-refractivity contribution in [2.24, 2.45) is 4.99 Å². The van der Waals surface area contributed by atoms with Gasteiger partial charge in [0.2, 0.25) is 0 Å². The van der Waals surface area contributed by atoms with Gasteiger partial charge in [-0.25, -0.2) is 4.99 Å². The summed E-state index contributed by atoms with van der Waals surface area (Å²) in [5.74, 6) is 0. The molecule has 0 rings (SSSR count). The average Bonchev–Trinajstić information content (AvgIpc) is 2.18. The maximum absolute atomic E-state index is 4.56. The summed E-state index contributed by atoms with van der Waals surface area (Å²) in [5, 5.41) is 3.07. The van der Waals surface area contributed by atoms with Crippen molar-refractivity contribution in [3.05, 3.63) is 0 Å². The van der Waals surface area contributed by atoms with Crippen LogP contribution in [0.1, 0.15) is 27.2 Å².